The molecule has 0 aliphatic heterocycles. The highest BCUT2D eigenvalue weighted by atomic mass is 32.2. The molecule has 0 heterocycles. The highest BCUT2D eigenvalue weighted by Crippen LogP contribution is 2.35. The van der Waals surface area contributed by atoms with Crippen LogP contribution in [0.3, 0.4) is 0 Å². The molecule has 5 heteroatoms. The number of nitriles is 1. The third-order valence-corrected chi connectivity index (χ3v) is 4.80. The van der Waals surface area contributed by atoms with E-state index in [1.54, 1.807) is 24.3 Å². The van der Waals surface area contributed by atoms with Gasteiger partial charge in [-0.2, -0.15) is 13.7 Å². The first kappa shape index (κ1) is 14.0. The van der Waals surface area contributed by atoms with Gasteiger partial charge in [-0.15, -0.1) is 0 Å². The van der Waals surface area contributed by atoms with Gasteiger partial charge in [-0.1, -0.05) is 17.7 Å². The molecule has 2 rings (SSSR count). The van der Waals surface area contributed by atoms with E-state index in [1.807, 2.05) is 6.92 Å². The number of rotatable bonds is 5. The molecule has 19 heavy (non-hydrogen) atoms. The summed E-state index contributed by atoms with van der Waals surface area (Å²) in [6.07, 6.45) is 2.60. The van der Waals surface area contributed by atoms with E-state index >= 15 is 0 Å². The normalized spacial score (nSPS) is 22.5. The summed E-state index contributed by atoms with van der Waals surface area (Å²) in [5.41, 5.74) is 1.01. The van der Waals surface area contributed by atoms with E-state index in [0.29, 0.717) is 12.3 Å². The zero-order valence-corrected chi connectivity index (χ0v) is 11.7. The maximum atomic E-state index is 12.0. The summed E-state index contributed by atoms with van der Waals surface area (Å²) in [6, 6.07) is 8.75. The predicted octanol–water partition coefficient (Wildman–Crippen LogP) is 2.78. The van der Waals surface area contributed by atoms with E-state index in [2.05, 4.69) is 6.07 Å². The Kier molecular flexibility index (Phi) is 4.23. The maximum Gasteiger partial charge on any atom is 0.297 e. The molecular weight excluding hydrogens is 262 g/mol. The molecule has 1 saturated carbocycles. The van der Waals surface area contributed by atoms with Gasteiger partial charge >= 0.3 is 0 Å². The van der Waals surface area contributed by atoms with Gasteiger partial charge in [-0.3, -0.25) is 4.18 Å². The highest BCUT2D eigenvalue weighted by Gasteiger charge is 2.33. The second-order valence-corrected chi connectivity index (χ2v) is 6.59. The molecule has 0 amide bonds. The fraction of sp³-hybridized carbons (Fsp3) is 0.500. The molecule has 0 bridgehead atoms. The van der Waals surface area contributed by atoms with Crippen LogP contribution >= 0.6 is 0 Å². The number of hydrogen-bond acceptors (Lipinski definition) is 4. The van der Waals surface area contributed by atoms with Gasteiger partial charge in [0.1, 0.15) is 0 Å². The first-order chi connectivity index (χ1) is 9.01. The average molecular weight is 279 g/mol. The Morgan fingerprint density at radius 2 is 1.95 bits per heavy atom. The van der Waals surface area contributed by atoms with Gasteiger partial charge in [0.05, 0.1) is 17.1 Å². The third-order valence-electron chi connectivity index (χ3n) is 3.43. The van der Waals surface area contributed by atoms with E-state index in [-0.39, 0.29) is 11.0 Å². The van der Waals surface area contributed by atoms with E-state index in [4.69, 9.17) is 9.44 Å². The van der Waals surface area contributed by atoms with Crippen molar-refractivity contribution in [2.45, 2.75) is 43.6 Å². The van der Waals surface area contributed by atoms with Crippen LogP contribution in [0.15, 0.2) is 29.2 Å². The Balaban J connectivity index is 1.90. The molecule has 1 fully saturated rings. The van der Waals surface area contributed by atoms with Gasteiger partial charge in [0, 0.05) is 6.42 Å². The second-order valence-electron chi connectivity index (χ2n) is 5.02. The van der Waals surface area contributed by atoms with E-state index in [9.17, 15) is 8.42 Å². The monoisotopic (exact) mass is 279 g/mol. The zero-order chi connectivity index (χ0) is 13.9. The summed E-state index contributed by atoms with van der Waals surface area (Å²) in [6.45, 7) is 1.91. The molecular formula is C14H17NO3S. The molecule has 0 unspecified atom stereocenters. The predicted molar refractivity (Wildman–Crippen MR) is 70.8 cm³/mol. The summed E-state index contributed by atoms with van der Waals surface area (Å²) in [5, 5.41) is 8.48. The molecule has 1 aromatic carbocycles. The quantitative estimate of drug-likeness (QED) is 0.777. The number of nitrogens with zero attached hydrogens (tertiary/aromatic N) is 1. The van der Waals surface area contributed by atoms with Crippen molar-refractivity contribution in [3.05, 3.63) is 29.8 Å². The minimum absolute atomic E-state index is 0.207. The molecule has 1 aliphatic carbocycles. The van der Waals surface area contributed by atoms with Crippen LogP contribution in [0.2, 0.25) is 0 Å². The lowest BCUT2D eigenvalue weighted by Crippen LogP contribution is -2.33. The molecule has 0 atom stereocenters. The van der Waals surface area contributed by atoms with Crippen LogP contribution in [0.4, 0.5) is 0 Å². The molecule has 0 spiro atoms. The smallest absolute Gasteiger partial charge is 0.263 e. The van der Waals surface area contributed by atoms with Crippen molar-refractivity contribution in [3.63, 3.8) is 0 Å². The minimum atomic E-state index is -3.65. The molecule has 1 aromatic rings. The van der Waals surface area contributed by atoms with Gasteiger partial charge in [-0.25, -0.2) is 0 Å². The Labute approximate surface area is 114 Å². The van der Waals surface area contributed by atoms with Gasteiger partial charge in [0.25, 0.3) is 10.1 Å². The minimum Gasteiger partial charge on any atom is -0.263 e. The van der Waals surface area contributed by atoms with E-state index < -0.39 is 10.1 Å². The van der Waals surface area contributed by atoms with E-state index in [1.165, 1.54) is 0 Å². The van der Waals surface area contributed by atoms with Crippen molar-refractivity contribution in [2.24, 2.45) is 5.92 Å². The SMILES string of the molecule is Cc1ccc(S(=O)(=O)OC2CC(CCC#N)C2)cc1. The standard InChI is InChI=1S/C14H17NO3S/c1-11-4-6-14(7-5-11)19(16,17)18-13-9-12(10-13)3-2-8-15/h4-7,12-13H,2-3,9-10H2,1H3. The molecule has 0 radical (unpaired) electrons. The van der Waals surface area contributed by atoms with Crippen molar-refractivity contribution in [3.8, 4) is 6.07 Å². The maximum absolute atomic E-state index is 12.0. The second kappa shape index (κ2) is 5.72. The van der Waals surface area contributed by atoms with Crippen LogP contribution in [-0.4, -0.2) is 14.5 Å². The first-order valence-corrected chi connectivity index (χ1v) is 7.79. The summed E-state index contributed by atoms with van der Waals surface area (Å²) in [5.74, 6) is 0.429. The molecule has 102 valence electrons. The fourth-order valence-corrected chi connectivity index (χ4v) is 3.29. The number of aryl methyl sites for hydroxylation is 1. The Morgan fingerprint density at radius 1 is 1.32 bits per heavy atom. The van der Waals surface area contributed by atoms with Crippen LogP contribution in [0.25, 0.3) is 0 Å². The van der Waals surface area contributed by atoms with Crippen LogP contribution in [-0.2, 0) is 14.3 Å². The zero-order valence-electron chi connectivity index (χ0n) is 10.9. The van der Waals surface area contributed by atoms with Crippen molar-refractivity contribution in [1.29, 1.82) is 5.26 Å². The lowest BCUT2D eigenvalue weighted by Gasteiger charge is -2.33. The average Bonchev–Trinajstić information content (AvgIpc) is 2.32. The van der Waals surface area contributed by atoms with Crippen LogP contribution in [0, 0.1) is 24.2 Å². The lowest BCUT2D eigenvalue weighted by molar-refractivity contribution is 0.0672. The molecule has 0 aromatic heterocycles. The van der Waals surface area contributed by atoms with Gasteiger partial charge in [-0.05, 0) is 44.2 Å². The Bertz CT molecular complexity index is 566. The lowest BCUT2D eigenvalue weighted by atomic mass is 9.80. The number of hydrogen-bond donors (Lipinski definition) is 0. The summed E-state index contributed by atoms with van der Waals surface area (Å²) in [7, 11) is -3.65. The van der Waals surface area contributed by atoms with Crippen LogP contribution in [0.5, 0.6) is 0 Å². The first-order valence-electron chi connectivity index (χ1n) is 6.38. The van der Waals surface area contributed by atoms with Crippen LogP contribution < -0.4 is 0 Å². The largest absolute Gasteiger partial charge is 0.297 e. The Hall–Kier alpha value is -1.38. The third kappa shape index (κ3) is 3.55. The van der Waals surface area contributed by atoms with Gasteiger partial charge in [0.2, 0.25) is 0 Å². The summed E-state index contributed by atoms with van der Waals surface area (Å²) >= 11 is 0. The Morgan fingerprint density at radius 3 is 2.53 bits per heavy atom. The molecule has 4 nitrogen and oxygen atoms in total. The molecule has 1 aliphatic rings. The van der Waals surface area contributed by atoms with Crippen molar-refractivity contribution in [1.82, 2.24) is 0 Å². The summed E-state index contributed by atoms with van der Waals surface area (Å²) < 4.78 is 29.2. The van der Waals surface area contributed by atoms with Crippen molar-refractivity contribution in [2.75, 3.05) is 0 Å². The summed E-state index contributed by atoms with van der Waals surface area (Å²) in [4.78, 5) is 0.207. The van der Waals surface area contributed by atoms with Gasteiger partial charge in [0.15, 0.2) is 0 Å². The van der Waals surface area contributed by atoms with Crippen molar-refractivity contribution < 1.29 is 12.6 Å². The highest BCUT2D eigenvalue weighted by molar-refractivity contribution is 7.86. The fourth-order valence-electron chi connectivity index (χ4n) is 2.20. The molecule has 0 saturated heterocycles. The topological polar surface area (TPSA) is 67.2 Å². The van der Waals surface area contributed by atoms with Gasteiger partial charge < -0.3 is 0 Å². The number of benzene rings is 1. The van der Waals surface area contributed by atoms with Crippen LogP contribution in [0.1, 0.15) is 31.2 Å². The molecule has 0 N–H and O–H groups in total. The van der Waals surface area contributed by atoms with E-state index in [0.717, 1.165) is 24.8 Å². The van der Waals surface area contributed by atoms with Crippen molar-refractivity contribution >= 4 is 10.1 Å².